The first-order chi connectivity index (χ1) is 10.3. The number of rotatable bonds is 4. The summed E-state index contributed by atoms with van der Waals surface area (Å²) in [6.45, 7) is 4.15. The summed E-state index contributed by atoms with van der Waals surface area (Å²) in [5, 5.41) is 8.26. The minimum atomic E-state index is 0.485. The Hall–Kier alpha value is -2.17. The lowest BCUT2D eigenvalue weighted by Crippen LogP contribution is -2.39. The van der Waals surface area contributed by atoms with Crippen molar-refractivity contribution in [1.82, 2.24) is 15.2 Å². The Kier molecular flexibility index (Phi) is 3.99. The molecule has 5 heteroatoms. The summed E-state index contributed by atoms with van der Waals surface area (Å²) in [6, 6.07) is 6.56. The molecule has 0 bridgehead atoms. The van der Waals surface area contributed by atoms with Gasteiger partial charge in [0.15, 0.2) is 5.82 Å². The number of pyridine rings is 1. The SMILES string of the molecule is Cc1cnccc1N(C)CC1CCCN1c1cccnn1. The number of hydrogen-bond donors (Lipinski definition) is 0. The van der Waals surface area contributed by atoms with Gasteiger partial charge in [-0.1, -0.05) is 0 Å². The van der Waals surface area contributed by atoms with Crippen molar-refractivity contribution < 1.29 is 0 Å². The summed E-state index contributed by atoms with van der Waals surface area (Å²) < 4.78 is 0. The van der Waals surface area contributed by atoms with Gasteiger partial charge in [0, 0.05) is 50.5 Å². The van der Waals surface area contributed by atoms with Crippen molar-refractivity contribution in [3.05, 3.63) is 42.4 Å². The molecule has 1 atom stereocenters. The lowest BCUT2D eigenvalue weighted by molar-refractivity contribution is 0.646. The van der Waals surface area contributed by atoms with Gasteiger partial charge in [-0.15, -0.1) is 5.10 Å². The zero-order valence-electron chi connectivity index (χ0n) is 12.6. The summed E-state index contributed by atoms with van der Waals surface area (Å²) in [5.41, 5.74) is 2.46. The fraction of sp³-hybridized carbons (Fsp3) is 0.438. The van der Waals surface area contributed by atoms with E-state index in [4.69, 9.17) is 0 Å². The smallest absolute Gasteiger partial charge is 0.151 e. The van der Waals surface area contributed by atoms with E-state index < -0.39 is 0 Å². The highest BCUT2D eigenvalue weighted by Crippen LogP contribution is 2.25. The maximum Gasteiger partial charge on any atom is 0.151 e. The van der Waals surface area contributed by atoms with E-state index in [-0.39, 0.29) is 0 Å². The average molecular weight is 283 g/mol. The lowest BCUT2D eigenvalue weighted by atomic mass is 10.1. The Bertz CT molecular complexity index is 586. The Labute approximate surface area is 125 Å². The first-order valence-corrected chi connectivity index (χ1v) is 7.42. The molecular formula is C16H21N5. The first kappa shape index (κ1) is 13.8. The number of likely N-dealkylation sites (N-methyl/N-ethyl adjacent to an activating group) is 1. The minimum Gasteiger partial charge on any atom is -0.372 e. The molecule has 0 radical (unpaired) electrons. The van der Waals surface area contributed by atoms with Crippen LogP contribution < -0.4 is 9.80 Å². The van der Waals surface area contributed by atoms with Gasteiger partial charge in [-0.2, -0.15) is 5.10 Å². The third-order valence-corrected chi connectivity index (χ3v) is 4.12. The van der Waals surface area contributed by atoms with Crippen LogP contribution in [0.2, 0.25) is 0 Å². The predicted octanol–water partition coefficient (Wildman–Crippen LogP) is 2.29. The molecule has 1 aliphatic heterocycles. The second kappa shape index (κ2) is 6.08. The van der Waals surface area contributed by atoms with E-state index in [1.165, 1.54) is 24.1 Å². The van der Waals surface area contributed by atoms with Crippen molar-refractivity contribution in [3.63, 3.8) is 0 Å². The number of anilines is 2. The van der Waals surface area contributed by atoms with E-state index >= 15 is 0 Å². The Morgan fingerprint density at radius 1 is 1.33 bits per heavy atom. The third kappa shape index (κ3) is 2.96. The van der Waals surface area contributed by atoms with E-state index in [1.807, 2.05) is 24.5 Å². The van der Waals surface area contributed by atoms with E-state index in [0.717, 1.165) is 18.9 Å². The van der Waals surface area contributed by atoms with Gasteiger partial charge in [-0.05, 0) is 43.5 Å². The Morgan fingerprint density at radius 3 is 3.00 bits per heavy atom. The molecule has 1 saturated heterocycles. The number of aryl methyl sites for hydroxylation is 1. The summed E-state index contributed by atoms with van der Waals surface area (Å²) in [6.07, 6.45) is 7.91. The highest BCUT2D eigenvalue weighted by Gasteiger charge is 2.27. The Balaban J connectivity index is 1.73. The Morgan fingerprint density at radius 2 is 2.24 bits per heavy atom. The van der Waals surface area contributed by atoms with Crippen LogP contribution in [-0.2, 0) is 0 Å². The molecule has 2 aromatic heterocycles. The number of hydrogen-bond acceptors (Lipinski definition) is 5. The monoisotopic (exact) mass is 283 g/mol. The van der Waals surface area contributed by atoms with Crippen molar-refractivity contribution >= 4 is 11.5 Å². The maximum atomic E-state index is 4.26. The lowest BCUT2D eigenvalue weighted by Gasteiger charge is -2.30. The fourth-order valence-electron chi connectivity index (χ4n) is 3.08. The van der Waals surface area contributed by atoms with Gasteiger partial charge >= 0.3 is 0 Å². The zero-order valence-corrected chi connectivity index (χ0v) is 12.6. The molecule has 0 aliphatic carbocycles. The standard InChI is InChI=1S/C16H21N5/c1-13-11-17-9-7-15(13)20(2)12-14-5-4-10-21(14)16-6-3-8-18-19-16/h3,6-9,11,14H,4-5,10,12H2,1-2H3. The van der Waals surface area contributed by atoms with Crippen LogP contribution >= 0.6 is 0 Å². The molecule has 2 aromatic rings. The van der Waals surface area contributed by atoms with Gasteiger partial charge in [0.05, 0.1) is 0 Å². The third-order valence-electron chi connectivity index (χ3n) is 4.12. The molecular weight excluding hydrogens is 262 g/mol. The summed E-state index contributed by atoms with van der Waals surface area (Å²) in [5.74, 6) is 0.986. The molecule has 0 spiro atoms. The molecule has 1 unspecified atom stereocenters. The molecule has 5 nitrogen and oxygen atoms in total. The molecule has 0 N–H and O–H groups in total. The largest absolute Gasteiger partial charge is 0.372 e. The normalized spacial score (nSPS) is 18.0. The molecule has 0 aromatic carbocycles. The molecule has 1 aliphatic rings. The van der Waals surface area contributed by atoms with Gasteiger partial charge in [0.2, 0.25) is 0 Å². The van der Waals surface area contributed by atoms with Crippen LogP contribution in [0, 0.1) is 6.92 Å². The molecule has 21 heavy (non-hydrogen) atoms. The van der Waals surface area contributed by atoms with Gasteiger partial charge in [-0.3, -0.25) is 4.98 Å². The van der Waals surface area contributed by atoms with Gasteiger partial charge in [-0.25, -0.2) is 0 Å². The summed E-state index contributed by atoms with van der Waals surface area (Å²) in [7, 11) is 2.15. The van der Waals surface area contributed by atoms with Crippen LogP contribution in [0.25, 0.3) is 0 Å². The maximum absolute atomic E-state index is 4.26. The van der Waals surface area contributed by atoms with Crippen molar-refractivity contribution in [3.8, 4) is 0 Å². The quantitative estimate of drug-likeness (QED) is 0.861. The van der Waals surface area contributed by atoms with Crippen molar-refractivity contribution in [2.24, 2.45) is 0 Å². The molecule has 3 heterocycles. The fourth-order valence-corrected chi connectivity index (χ4v) is 3.08. The second-order valence-corrected chi connectivity index (χ2v) is 5.61. The van der Waals surface area contributed by atoms with Crippen LogP contribution in [0.5, 0.6) is 0 Å². The summed E-state index contributed by atoms with van der Waals surface area (Å²) >= 11 is 0. The molecule has 0 saturated carbocycles. The zero-order chi connectivity index (χ0) is 14.7. The van der Waals surface area contributed by atoms with E-state index in [1.54, 1.807) is 6.20 Å². The van der Waals surface area contributed by atoms with Crippen molar-refractivity contribution in [2.45, 2.75) is 25.8 Å². The first-order valence-electron chi connectivity index (χ1n) is 7.42. The molecule has 0 amide bonds. The molecule has 1 fully saturated rings. The number of nitrogens with zero attached hydrogens (tertiary/aromatic N) is 5. The molecule has 3 rings (SSSR count). The van der Waals surface area contributed by atoms with Crippen LogP contribution in [0.4, 0.5) is 11.5 Å². The van der Waals surface area contributed by atoms with E-state index in [2.05, 4.69) is 45.0 Å². The van der Waals surface area contributed by atoms with Crippen LogP contribution in [0.15, 0.2) is 36.8 Å². The van der Waals surface area contributed by atoms with Crippen LogP contribution in [-0.4, -0.2) is 41.4 Å². The minimum absolute atomic E-state index is 0.485. The van der Waals surface area contributed by atoms with Crippen molar-refractivity contribution in [2.75, 3.05) is 29.9 Å². The average Bonchev–Trinajstić information content (AvgIpc) is 2.96. The van der Waals surface area contributed by atoms with E-state index in [0.29, 0.717) is 6.04 Å². The highest BCUT2D eigenvalue weighted by atomic mass is 15.3. The number of aromatic nitrogens is 3. The van der Waals surface area contributed by atoms with Crippen LogP contribution in [0.1, 0.15) is 18.4 Å². The van der Waals surface area contributed by atoms with Crippen molar-refractivity contribution in [1.29, 1.82) is 0 Å². The van der Waals surface area contributed by atoms with Gasteiger partial charge < -0.3 is 9.80 Å². The van der Waals surface area contributed by atoms with Crippen LogP contribution in [0.3, 0.4) is 0 Å². The summed E-state index contributed by atoms with van der Waals surface area (Å²) in [4.78, 5) is 8.86. The van der Waals surface area contributed by atoms with Gasteiger partial charge in [0.25, 0.3) is 0 Å². The highest BCUT2D eigenvalue weighted by molar-refractivity contribution is 5.51. The second-order valence-electron chi connectivity index (χ2n) is 5.61. The predicted molar refractivity (Wildman–Crippen MR) is 84.6 cm³/mol. The van der Waals surface area contributed by atoms with E-state index in [9.17, 15) is 0 Å². The van der Waals surface area contributed by atoms with Gasteiger partial charge in [0.1, 0.15) is 0 Å². The topological polar surface area (TPSA) is 45.2 Å². The molecule has 110 valence electrons.